The van der Waals surface area contributed by atoms with Crippen molar-refractivity contribution in [3.63, 3.8) is 0 Å². The molecular formula is C11H15NO2S. The summed E-state index contributed by atoms with van der Waals surface area (Å²) < 4.78 is 4.84. The van der Waals surface area contributed by atoms with Crippen LogP contribution < -0.4 is 5.73 Å². The minimum Gasteiger partial charge on any atom is -0.465 e. The van der Waals surface area contributed by atoms with Crippen molar-refractivity contribution >= 4 is 23.4 Å². The largest absolute Gasteiger partial charge is 0.465 e. The highest BCUT2D eigenvalue weighted by molar-refractivity contribution is 8.00. The Kier molecular flexibility index (Phi) is 4.49. The van der Waals surface area contributed by atoms with Gasteiger partial charge in [0.1, 0.15) is 0 Å². The number of hydrogen-bond donors (Lipinski definition) is 1. The lowest BCUT2D eigenvalue weighted by Crippen LogP contribution is -2.06. The first kappa shape index (κ1) is 11.9. The molecule has 0 saturated carbocycles. The Morgan fingerprint density at radius 3 is 2.93 bits per heavy atom. The Bertz CT molecular complexity index is 352. The molecule has 0 heterocycles. The highest BCUT2D eigenvalue weighted by atomic mass is 32.2. The molecule has 82 valence electrons. The van der Waals surface area contributed by atoms with E-state index < -0.39 is 0 Å². The lowest BCUT2D eigenvalue weighted by molar-refractivity contribution is -0.139. The third-order valence-electron chi connectivity index (χ3n) is 1.86. The maximum atomic E-state index is 11.1. The number of anilines is 1. The van der Waals surface area contributed by atoms with E-state index in [-0.39, 0.29) is 5.97 Å². The van der Waals surface area contributed by atoms with E-state index in [4.69, 9.17) is 10.5 Å². The predicted octanol–water partition coefficient (Wildman–Crippen LogP) is 2.23. The van der Waals surface area contributed by atoms with Crippen LogP contribution in [0, 0.1) is 6.92 Å². The summed E-state index contributed by atoms with van der Waals surface area (Å²) in [5.74, 6) is 0.141. The number of nitrogen functional groups attached to an aromatic ring is 1. The van der Waals surface area contributed by atoms with Crippen LogP contribution in [-0.2, 0) is 9.53 Å². The second-order valence-electron chi connectivity index (χ2n) is 3.12. The normalized spacial score (nSPS) is 10.0. The molecule has 0 atom stereocenters. The molecule has 1 rings (SSSR count). The molecule has 2 N–H and O–H groups in total. The van der Waals surface area contributed by atoms with Gasteiger partial charge < -0.3 is 10.5 Å². The van der Waals surface area contributed by atoms with Gasteiger partial charge in [-0.1, -0.05) is 6.07 Å². The van der Waals surface area contributed by atoms with Gasteiger partial charge in [-0.25, -0.2) is 0 Å². The number of rotatable bonds is 4. The van der Waals surface area contributed by atoms with E-state index in [0.29, 0.717) is 18.0 Å². The van der Waals surface area contributed by atoms with Crippen molar-refractivity contribution in [2.45, 2.75) is 18.7 Å². The van der Waals surface area contributed by atoms with Crippen molar-refractivity contribution in [3.05, 3.63) is 23.8 Å². The maximum absolute atomic E-state index is 11.1. The van der Waals surface area contributed by atoms with Crippen LogP contribution in [-0.4, -0.2) is 18.3 Å². The molecule has 4 heteroatoms. The van der Waals surface area contributed by atoms with Crippen LogP contribution in [0.5, 0.6) is 0 Å². The van der Waals surface area contributed by atoms with Crippen molar-refractivity contribution in [1.82, 2.24) is 0 Å². The lowest BCUT2D eigenvalue weighted by atomic mass is 10.2. The fraction of sp³-hybridized carbons (Fsp3) is 0.364. The zero-order valence-electron chi connectivity index (χ0n) is 8.95. The summed E-state index contributed by atoms with van der Waals surface area (Å²) in [4.78, 5) is 12.2. The predicted molar refractivity (Wildman–Crippen MR) is 62.9 cm³/mol. The Labute approximate surface area is 94.0 Å². The quantitative estimate of drug-likeness (QED) is 0.485. The first-order valence-electron chi connectivity index (χ1n) is 4.78. The monoisotopic (exact) mass is 225 g/mol. The fourth-order valence-electron chi connectivity index (χ4n) is 1.11. The van der Waals surface area contributed by atoms with Gasteiger partial charge in [-0.2, -0.15) is 0 Å². The third kappa shape index (κ3) is 3.83. The Morgan fingerprint density at radius 1 is 1.53 bits per heavy atom. The van der Waals surface area contributed by atoms with Crippen LogP contribution >= 0.6 is 11.8 Å². The Morgan fingerprint density at radius 2 is 2.27 bits per heavy atom. The first-order valence-corrected chi connectivity index (χ1v) is 5.76. The molecular weight excluding hydrogens is 210 g/mol. The molecule has 15 heavy (non-hydrogen) atoms. The number of benzene rings is 1. The molecule has 0 amide bonds. The maximum Gasteiger partial charge on any atom is 0.316 e. The summed E-state index contributed by atoms with van der Waals surface area (Å²) in [6.07, 6.45) is 0. The van der Waals surface area contributed by atoms with Gasteiger partial charge in [-0.05, 0) is 31.5 Å². The van der Waals surface area contributed by atoms with E-state index in [2.05, 4.69) is 0 Å². The second-order valence-corrected chi connectivity index (χ2v) is 4.14. The summed E-state index contributed by atoms with van der Waals surface area (Å²) in [6.45, 7) is 4.22. The van der Waals surface area contributed by atoms with Crippen LogP contribution in [0.2, 0.25) is 0 Å². The van der Waals surface area contributed by atoms with Crippen molar-refractivity contribution in [2.75, 3.05) is 18.1 Å². The molecule has 0 saturated heterocycles. The second kappa shape index (κ2) is 5.66. The average molecular weight is 225 g/mol. The first-order chi connectivity index (χ1) is 7.13. The lowest BCUT2D eigenvalue weighted by Gasteiger charge is -2.06. The summed E-state index contributed by atoms with van der Waals surface area (Å²) in [5.41, 5.74) is 7.50. The van der Waals surface area contributed by atoms with Gasteiger partial charge in [-0.3, -0.25) is 4.79 Å². The summed E-state index contributed by atoms with van der Waals surface area (Å²) in [5, 5.41) is 0. The molecule has 0 aliphatic heterocycles. The van der Waals surface area contributed by atoms with Crippen LogP contribution in [0.1, 0.15) is 12.5 Å². The molecule has 0 aliphatic rings. The van der Waals surface area contributed by atoms with Crippen LogP contribution in [0.3, 0.4) is 0 Å². The van der Waals surface area contributed by atoms with Crippen LogP contribution in [0.25, 0.3) is 0 Å². The van der Waals surface area contributed by atoms with E-state index >= 15 is 0 Å². The molecule has 1 aromatic carbocycles. The topological polar surface area (TPSA) is 52.3 Å². The molecule has 0 bridgehead atoms. The summed E-state index contributed by atoms with van der Waals surface area (Å²) >= 11 is 1.45. The zero-order chi connectivity index (χ0) is 11.3. The molecule has 0 aromatic heterocycles. The van der Waals surface area contributed by atoms with E-state index in [1.54, 1.807) is 6.92 Å². The van der Waals surface area contributed by atoms with Crippen molar-refractivity contribution in [3.8, 4) is 0 Å². The fourth-order valence-corrected chi connectivity index (χ4v) is 1.98. The third-order valence-corrected chi connectivity index (χ3v) is 2.99. The average Bonchev–Trinajstić information content (AvgIpc) is 2.20. The molecule has 1 aromatic rings. The van der Waals surface area contributed by atoms with E-state index in [1.165, 1.54) is 11.8 Å². The number of nitrogens with two attached hydrogens (primary N) is 1. The van der Waals surface area contributed by atoms with Gasteiger partial charge in [-0.15, -0.1) is 11.8 Å². The van der Waals surface area contributed by atoms with Gasteiger partial charge in [0, 0.05) is 10.6 Å². The summed E-state index contributed by atoms with van der Waals surface area (Å²) in [7, 11) is 0. The minimum atomic E-state index is -0.190. The van der Waals surface area contributed by atoms with Crippen LogP contribution in [0.15, 0.2) is 23.1 Å². The summed E-state index contributed by atoms with van der Waals surface area (Å²) in [6, 6.07) is 5.67. The number of ether oxygens (including phenoxy) is 1. The molecule has 0 unspecified atom stereocenters. The van der Waals surface area contributed by atoms with E-state index in [9.17, 15) is 4.79 Å². The zero-order valence-corrected chi connectivity index (χ0v) is 9.76. The number of hydrogen-bond acceptors (Lipinski definition) is 4. The number of esters is 1. The Hall–Kier alpha value is -1.16. The molecule has 0 aliphatic carbocycles. The van der Waals surface area contributed by atoms with Crippen molar-refractivity contribution < 1.29 is 9.53 Å². The van der Waals surface area contributed by atoms with Crippen LogP contribution in [0.4, 0.5) is 5.69 Å². The van der Waals surface area contributed by atoms with Gasteiger partial charge in [0.25, 0.3) is 0 Å². The van der Waals surface area contributed by atoms with Crippen molar-refractivity contribution in [1.29, 1.82) is 0 Å². The highest BCUT2D eigenvalue weighted by Gasteiger charge is 2.05. The smallest absolute Gasteiger partial charge is 0.316 e. The number of carbonyl (C=O) groups excluding carboxylic acids is 1. The van der Waals surface area contributed by atoms with Crippen molar-refractivity contribution in [2.24, 2.45) is 0 Å². The highest BCUT2D eigenvalue weighted by Crippen LogP contribution is 2.24. The molecule has 0 fully saturated rings. The van der Waals surface area contributed by atoms with E-state index in [0.717, 1.165) is 10.5 Å². The number of aryl methyl sites for hydroxylation is 1. The minimum absolute atomic E-state index is 0.190. The van der Waals surface area contributed by atoms with Gasteiger partial charge in [0.2, 0.25) is 0 Å². The van der Waals surface area contributed by atoms with Gasteiger partial charge in [0.15, 0.2) is 0 Å². The SMILES string of the molecule is CCOC(=O)CSc1cc(N)ccc1C. The number of carbonyl (C=O) groups is 1. The number of thioether (sulfide) groups is 1. The van der Waals surface area contributed by atoms with E-state index in [1.807, 2.05) is 25.1 Å². The van der Waals surface area contributed by atoms with Gasteiger partial charge in [0.05, 0.1) is 12.4 Å². The Balaban J connectivity index is 2.57. The molecule has 0 radical (unpaired) electrons. The van der Waals surface area contributed by atoms with Gasteiger partial charge >= 0.3 is 5.97 Å². The molecule has 3 nitrogen and oxygen atoms in total. The standard InChI is InChI=1S/C11H15NO2S/c1-3-14-11(13)7-15-10-6-9(12)5-4-8(10)2/h4-6H,3,7,12H2,1-2H3. The molecule has 0 spiro atoms.